The van der Waals surface area contributed by atoms with Gasteiger partial charge < -0.3 is 14.8 Å². The van der Waals surface area contributed by atoms with Crippen molar-refractivity contribution in [1.29, 1.82) is 0 Å². The lowest BCUT2D eigenvalue weighted by atomic mass is 10.2. The molecule has 0 aliphatic heterocycles. The van der Waals surface area contributed by atoms with Crippen molar-refractivity contribution in [2.24, 2.45) is 5.92 Å². The van der Waals surface area contributed by atoms with Crippen LogP contribution in [0.3, 0.4) is 0 Å². The Bertz CT molecular complexity index is 381. The Kier molecular flexibility index (Phi) is 8.23. The van der Waals surface area contributed by atoms with Crippen LogP contribution in [0.15, 0.2) is 12.1 Å². The Morgan fingerprint density at radius 3 is 2.75 bits per heavy atom. The molecule has 0 fully saturated rings. The van der Waals surface area contributed by atoms with E-state index >= 15 is 0 Å². The van der Waals surface area contributed by atoms with E-state index in [-0.39, 0.29) is 0 Å². The van der Waals surface area contributed by atoms with Gasteiger partial charge in [0.2, 0.25) is 0 Å². The summed E-state index contributed by atoms with van der Waals surface area (Å²) in [6.07, 6.45) is 0.903. The van der Waals surface area contributed by atoms with E-state index in [1.54, 1.807) is 0 Å². The van der Waals surface area contributed by atoms with Crippen LogP contribution in [-0.4, -0.2) is 31.3 Å². The molecule has 0 aliphatic rings. The number of aromatic nitrogens is 1. The van der Waals surface area contributed by atoms with Crippen molar-refractivity contribution < 1.29 is 9.47 Å². The van der Waals surface area contributed by atoms with Crippen molar-refractivity contribution >= 4 is 0 Å². The normalized spacial score (nSPS) is 11.1. The van der Waals surface area contributed by atoms with Crippen LogP contribution in [0.5, 0.6) is 5.75 Å². The van der Waals surface area contributed by atoms with Gasteiger partial charge in [-0.1, -0.05) is 13.8 Å². The molecule has 20 heavy (non-hydrogen) atoms. The molecule has 1 aromatic heterocycles. The molecule has 0 saturated carbocycles. The zero-order valence-corrected chi connectivity index (χ0v) is 13.2. The average molecular weight is 280 g/mol. The summed E-state index contributed by atoms with van der Waals surface area (Å²) in [4.78, 5) is 4.57. The number of rotatable bonds is 10. The molecular formula is C16H28N2O2. The number of nitrogens with one attached hydrogen (secondary N) is 1. The summed E-state index contributed by atoms with van der Waals surface area (Å²) in [6.45, 7) is 12.3. The van der Waals surface area contributed by atoms with Crippen LogP contribution in [0.25, 0.3) is 0 Å². The highest BCUT2D eigenvalue weighted by Crippen LogP contribution is 2.17. The Labute approximate surface area is 122 Å². The van der Waals surface area contributed by atoms with Gasteiger partial charge >= 0.3 is 0 Å². The number of ether oxygens (including phenoxy) is 2. The minimum Gasteiger partial charge on any atom is -0.492 e. The van der Waals surface area contributed by atoms with Gasteiger partial charge in [-0.25, -0.2) is 0 Å². The number of hydrogen-bond donors (Lipinski definition) is 1. The molecule has 0 atom stereocenters. The summed E-state index contributed by atoms with van der Waals surface area (Å²) in [6, 6.07) is 4.00. The zero-order chi connectivity index (χ0) is 14.8. The highest BCUT2D eigenvalue weighted by atomic mass is 16.5. The van der Waals surface area contributed by atoms with Crippen molar-refractivity contribution in [1.82, 2.24) is 10.3 Å². The Morgan fingerprint density at radius 2 is 2.05 bits per heavy atom. The average Bonchev–Trinajstić information content (AvgIpc) is 2.40. The molecule has 1 N–H and O–H groups in total. The summed E-state index contributed by atoms with van der Waals surface area (Å²) in [5.74, 6) is 1.51. The molecule has 0 spiro atoms. The van der Waals surface area contributed by atoms with Crippen molar-refractivity contribution in [3.8, 4) is 5.75 Å². The van der Waals surface area contributed by atoms with Gasteiger partial charge in [-0.3, -0.25) is 4.98 Å². The van der Waals surface area contributed by atoms with E-state index in [9.17, 15) is 0 Å². The third kappa shape index (κ3) is 6.87. The smallest absolute Gasteiger partial charge is 0.142 e. The summed E-state index contributed by atoms with van der Waals surface area (Å²) in [7, 11) is 0. The molecule has 0 radical (unpaired) electrons. The molecule has 0 unspecified atom stereocenters. The van der Waals surface area contributed by atoms with Crippen LogP contribution >= 0.6 is 0 Å². The summed E-state index contributed by atoms with van der Waals surface area (Å²) in [5.41, 5.74) is 2.01. The second kappa shape index (κ2) is 9.72. The van der Waals surface area contributed by atoms with E-state index in [4.69, 9.17) is 9.47 Å². The van der Waals surface area contributed by atoms with Gasteiger partial charge in [-0.05, 0) is 38.4 Å². The molecule has 0 bridgehead atoms. The summed E-state index contributed by atoms with van der Waals surface area (Å²) in [5, 5.41) is 3.41. The van der Waals surface area contributed by atoms with Gasteiger partial charge in [0.1, 0.15) is 5.75 Å². The number of nitrogens with zero attached hydrogens (tertiary/aromatic N) is 1. The minimum atomic E-state index is 0.635. The molecule has 0 aromatic carbocycles. The zero-order valence-electron chi connectivity index (χ0n) is 13.2. The van der Waals surface area contributed by atoms with Crippen LogP contribution in [0, 0.1) is 12.8 Å². The maximum Gasteiger partial charge on any atom is 0.142 e. The molecule has 1 aromatic rings. The van der Waals surface area contributed by atoms with Crippen molar-refractivity contribution in [3.63, 3.8) is 0 Å². The van der Waals surface area contributed by atoms with Crippen LogP contribution < -0.4 is 10.1 Å². The lowest BCUT2D eigenvalue weighted by Gasteiger charge is -2.13. The Balaban J connectivity index is 2.47. The number of pyridine rings is 1. The molecular weight excluding hydrogens is 252 g/mol. The SMILES string of the molecule is CCOCCCOc1ccc(C)nc1CNCC(C)C. The second-order valence-electron chi connectivity index (χ2n) is 5.32. The molecule has 4 nitrogen and oxygen atoms in total. The monoisotopic (exact) mass is 280 g/mol. The van der Waals surface area contributed by atoms with Crippen LogP contribution in [-0.2, 0) is 11.3 Å². The quantitative estimate of drug-likeness (QED) is 0.669. The maximum atomic E-state index is 5.81. The van der Waals surface area contributed by atoms with E-state index in [0.717, 1.165) is 49.9 Å². The summed E-state index contributed by atoms with van der Waals surface area (Å²) >= 11 is 0. The number of aryl methyl sites for hydroxylation is 1. The van der Waals surface area contributed by atoms with Gasteiger partial charge in [0, 0.05) is 31.9 Å². The third-order valence-electron chi connectivity index (χ3n) is 2.81. The first kappa shape index (κ1) is 16.9. The first-order chi connectivity index (χ1) is 9.63. The fourth-order valence-electron chi connectivity index (χ4n) is 1.82. The van der Waals surface area contributed by atoms with Crippen molar-refractivity contribution in [2.75, 3.05) is 26.4 Å². The molecule has 1 heterocycles. The van der Waals surface area contributed by atoms with Crippen LogP contribution in [0.4, 0.5) is 0 Å². The molecule has 114 valence electrons. The largest absolute Gasteiger partial charge is 0.492 e. The predicted octanol–water partition coefficient (Wildman–Crippen LogP) is 2.94. The van der Waals surface area contributed by atoms with Gasteiger partial charge in [-0.15, -0.1) is 0 Å². The topological polar surface area (TPSA) is 43.4 Å². The van der Waals surface area contributed by atoms with Gasteiger partial charge in [-0.2, -0.15) is 0 Å². The third-order valence-corrected chi connectivity index (χ3v) is 2.81. The molecule has 1 rings (SSSR count). The first-order valence-corrected chi connectivity index (χ1v) is 7.51. The van der Waals surface area contributed by atoms with E-state index in [1.807, 2.05) is 26.0 Å². The van der Waals surface area contributed by atoms with E-state index in [2.05, 4.69) is 24.1 Å². The Morgan fingerprint density at radius 1 is 1.25 bits per heavy atom. The van der Waals surface area contributed by atoms with Gasteiger partial charge in [0.15, 0.2) is 0 Å². The fourth-order valence-corrected chi connectivity index (χ4v) is 1.82. The van der Waals surface area contributed by atoms with Gasteiger partial charge in [0.25, 0.3) is 0 Å². The maximum absolute atomic E-state index is 5.81. The van der Waals surface area contributed by atoms with Crippen LogP contribution in [0.2, 0.25) is 0 Å². The minimum absolute atomic E-state index is 0.635. The molecule has 0 saturated heterocycles. The molecule has 4 heteroatoms. The highest BCUT2D eigenvalue weighted by molar-refractivity contribution is 5.29. The summed E-state index contributed by atoms with van der Waals surface area (Å²) < 4.78 is 11.1. The van der Waals surface area contributed by atoms with Gasteiger partial charge in [0.05, 0.1) is 12.3 Å². The van der Waals surface area contributed by atoms with E-state index < -0.39 is 0 Å². The fraction of sp³-hybridized carbons (Fsp3) is 0.688. The molecule has 0 amide bonds. The lowest BCUT2D eigenvalue weighted by molar-refractivity contribution is 0.130. The Hall–Kier alpha value is -1.13. The van der Waals surface area contributed by atoms with E-state index in [0.29, 0.717) is 12.5 Å². The van der Waals surface area contributed by atoms with Crippen molar-refractivity contribution in [2.45, 2.75) is 40.7 Å². The lowest BCUT2D eigenvalue weighted by Crippen LogP contribution is -2.20. The van der Waals surface area contributed by atoms with Crippen molar-refractivity contribution in [3.05, 3.63) is 23.5 Å². The molecule has 0 aliphatic carbocycles. The van der Waals surface area contributed by atoms with Crippen LogP contribution in [0.1, 0.15) is 38.6 Å². The van der Waals surface area contributed by atoms with E-state index in [1.165, 1.54) is 0 Å². The second-order valence-corrected chi connectivity index (χ2v) is 5.32. The first-order valence-electron chi connectivity index (χ1n) is 7.51. The predicted molar refractivity (Wildman–Crippen MR) is 82.1 cm³/mol. The number of hydrogen-bond acceptors (Lipinski definition) is 4. The standard InChI is InChI=1S/C16H28N2O2/c1-5-19-9-6-10-20-16-8-7-14(4)18-15(16)12-17-11-13(2)3/h7-8,13,17H,5-6,9-12H2,1-4H3. The highest BCUT2D eigenvalue weighted by Gasteiger charge is 2.06.